The Morgan fingerprint density at radius 2 is 2.18 bits per heavy atom. The topological polar surface area (TPSA) is 74.3 Å². The minimum Gasteiger partial charge on any atom is -0.491 e. The first kappa shape index (κ1) is 21.5. The predicted molar refractivity (Wildman–Crippen MR) is 133 cm³/mol. The summed E-state index contributed by atoms with van der Waals surface area (Å²) in [5, 5.41) is 11.0. The van der Waals surface area contributed by atoms with E-state index in [2.05, 4.69) is 36.7 Å². The molecule has 0 amide bonds. The first-order chi connectivity index (χ1) is 16.2. The standard InChI is InChI=1S/C26H30N6O/c1-3-18-6-4-7-20(12-18)31-26-21-13-25(23(27-2)14-22(21)29-17-30-26)33-11-5-9-32-10-8-19-15-28-16-24(19)32/h1,4,6-7,12-14,17,19,24,27-28H,5,8-11,15-16H2,2H3,(H,29,30,31). The Hall–Kier alpha value is -3.34. The van der Waals surface area contributed by atoms with Crippen molar-refractivity contribution in [2.24, 2.45) is 5.92 Å². The fraction of sp³-hybridized carbons (Fsp3) is 0.385. The van der Waals surface area contributed by atoms with Gasteiger partial charge in [-0.25, -0.2) is 9.97 Å². The molecule has 2 aromatic carbocycles. The zero-order chi connectivity index (χ0) is 22.6. The molecule has 3 N–H and O–H groups in total. The molecular weight excluding hydrogens is 412 g/mol. The van der Waals surface area contributed by atoms with Crippen molar-refractivity contribution in [3.63, 3.8) is 0 Å². The van der Waals surface area contributed by atoms with Crippen LogP contribution in [0.3, 0.4) is 0 Å². The van der Waals surface area contributed by atoms with Crippen LogP contribution in [0.1, 0.15) is 18.4 Å². The van der Waals surface area contributed by atoms with E-state index >= 15 is 0 Å². The van der Waals surface area contributed by atoms with Crippen molar-refractivity contribution in [2.45, 2.75) is 18.9 Å². The van der Waals surface area contributed by atoms with Crippen molar-refractivity contribution in [1.29, 1.82) is 0 Å². The normalized spacial score (nSPS) is 19.9. The zero-order valence-corrected chi connectivity index (χ0v) is 19.0. The molecule has 2 fully saturated rings. The van der Waals surface area contributed by atoms with Crippen LogP contribution in [0, 0.1) is 18.3 Å². The molecule has 33 heavy (non-hydrogen) atoms. The van der Waals surface area contributed by atoms with Gasteiger partial charge in [-0.2, -0.15) is 0 Å². The van der Waals surface area contributed by atoms with Crippen molar-refractivity contribution >= 4 is 28.1 Å². The third-order valence-electron chi connectivity index (χ3n) is 6.71. The highest BCUT2D eigenvalue weighted by molar-refractivity contribution is 5.94. The lowest BCUT2D eigenvalue weighted by molar-refractivity contribution is 0.221. The Bertz CT molecular complexity index is 1170. The number of aromatic nitrogens is 2. The minimum atomic E-state index is 0.669. The van der Waals surface area contributed by atoms with Crippen LogP contribution in [0.5, 0.6) is 5.75 Å². The lowest BCUT2D eigenvalue weighted by Crippen LogP contribution is -2.35. The van der Waals surface area contributed by atoms with Crippen LogP contribution in [0.2, 0.25) is 0 Å². The number of rotatable bonds is 8. The maximum absolute atomic E-state index is 6.23. The summed E-state index contributed by atoms with van der Waals surface area (Å²) in [5.74, 6) is 5.02. The largest absolute Gasteiger partial charge is 0.491 e. The number of hydrogen-bond donors (Lipinski definition) is 3. The van der Waals surface area contributed by atoms with Gasteiger partial charge >= 0.3 is 0 Å². The fourth-order valence-electron chi connectivity index (χ4n) is 4.99. The molecule has 0 aliphatic carbocycles. The highest BCUT2D eigenvalue weighted by atomic mass is 16.5. The summed E-state index contributed by atoms with van der Waals surface area (Å²) in [5.41, 5.74) is 3.46. The van der Waals surface area contributed by atoms with Gasteiger partial charge in [-0.3, -0.25) is 4.90 Å². The number of nitrogens with zero attached hydrogens (tertiary/aromatic N) is 3. The summed E-state index contributed by atoms with van der Waals surface area (Å²) in [7, 11) is 1.90. The Labute approximate surface area is 194 Å². The Morgan fingerprint density at radius 1 is 1.24 bits per heavy atom. The van der Waals surface area contributed by atoms with E-state index in [0.717, 1.165) is 64.8 Å². The van der Waals surface area contributed by atoms with Gasteiger partial charge in [-0.05, 0) is 62.2 Å². The highest BCUT2D eigenvalue weighted by Crippen LogP contribution is 2.33. The van der Waals surface area contributed by atoms with Crippen LogP contribution < -0.4 is 20.7 Å². The quantitative estimate of drug-likeness (QED) is 0.364. The summed E-state index contributed by atoms with van der Waals surface area (Å²) >= 11 is 0. The number of terminal acetylenes is 1. The van der Waals surface area contributed by atoms with Gasteiger partial charge in [0.1, 0.15) is 17.9 Å². The average molecular weight is 443 g/mol. The third kappa shape index (κ3) is 4.58. The van der Waals surface area contributed by atoms with Gasteiger partial charge in [-0.15, -0.1) is 6.42 Å². The van der Waals surface area contributed by atoms with Gasteiger partial charge in [-0.1, -0.05) is 12.0 Å². The van der Waals surface area contributed by atoms with E-state index in [1.807, 2.05) is 43.4 Å². The van der Waals surface area contributed by atoms with Crippen molar-refractivity contribution in [3.8, 4) is 18.1 Å². The summed E-state index contributed by atoms with van der Waals surface area (Å²) in [4.78, 5) is 11.5. The second-order valence-corrected chi connectivity index (χ2v) is 8.70. The maximum Gasteiger partial charge on any atom is 0.143 e. The Morgan fingerprint density at radius 3 is 3.06 bits per heavy atom. The summed E-state index contributed by atoms with van der Waals surface area (Å²) in [6.07, 6.45) is 9.42. The molecule has 2 saturated heterocycles. The molecule has 0 saturated carbocycles. The second-order valence-electron chi connectivity index (χ2n) is 8.70. The van der Waals surface area contributed by atoms with E-state index in [0.29, 0.717) is 12.6 Å². The molecular formula is C26H30N6O. The fourth-order valence-corrected chi connectivity index (χ4v) is 4.99. The molecule has 3 aromatic rings. The van der Waals surface area contributed by atoms with Crippen molar-refractivity contribution in [1.82, 2.24) is 20.2 Å². The molecule has 2 aliphatic rings. The highest BCUT2D eigenvalue weighted by Gasteiger charge is 2.36. The molecule has 2 atom stereocenters. The van der Waals surface area contributed by atoms with Gasteiger partial charge in [0.15, 0.2) is 0 Å². The van der Waals surface area contributed by atoms with E-state index in [1.165, 1.54) is 19.5 Å². The van der Waals surface area contributed by atoms with E-state index in [4.69, 9.17) is 11.2 Å². The van der Waals surface area contributed by atoms with E-state index in [9.17, 15) is 0 Å². The molecule has 0 spiro atoms. The van der Waals surface area contributed by atoms with Crippen molar-refractivity contribution < 1.29 is 4.74 Å². The van der Waals surface area contributed by atoms with Crippen LogP contribution in [0.4, 0.5) is 17.2 Å². The predicted octanol–water partition coefficient (Wildman–Crippen LogP) is 3.46. The molecule has 0 bridgehead atoms. The lowest BCUT2D eigenvalue weighted by atomic mass is 10.1. The first-order valence-corrected chi connectivity index (χ1v) is 11.6. The number of ether oxygens (including phenoxy) is 1. The second kappa shape index (κ2) is 9.65. The maximum atomic E-state index is 6.23. The first-order valence-electron chi connectivity index (χ1n) is 11.6. The van der Waals surface area contributed by atoms with Gasteiger partial charge in [0.25, 0.3) is 0 Å². The molecule has 2 unspecified atom stereocenters. The summed E-state index contributed by atoms with van der Waals surface area (Å²) in [6, 6.07) is 12.5. The number of hydrogen-bond acceptors (Lipinski definition) is 7. The molecule has 2 aliphatic heterocycles. The zero-order valence-electron chi connectivity index (χ0n) is 19.0. The number of likely N-dealkylation sites (tertiary alicyclic amines) is 1. The van der Waals surface area contributed by atoms with Gasteiger partial charge < -0.3 is 20.7 Å². The van der Waals surface area contributed by atoms with Crippen LogP contribution in [-0.2, 0) is 0 Å². The van der Waals surface area contributed by atoms with Crippen LogP contribution in [0.15, 0.2) is 42.7 Å². The molecule has 0 radical (unpaired) electrons. The van der Waals surface area contributed by atoms with Crippen LogP contribution in [-0.4, -0.2) is 60.7 Å². The molecule has 5 rings (SSSR count). The van der Waals surface area contributed by atoms with E-state index in [1.54, 1.807) is 6.33 Å². The van der Waals surface area contributed by atoms with E-state index < -0.39 is 0 Å². The van der Waals surface area contributed by atoms with Gasteiger partial charge in [0.05, 0.1) is 17.8 Å². The third-order valence-corrected chi connectivity index (χ3v) is 6.71. The lowest BCUT2D eigenvalue weighted by Gasteiger charge is -2.23. The Kier molecular flexibility index (Phi) is 6.29. The molecule has 1 aromatic heterocycles. The molecule has 7 heteroatoms. The minimum absolute atomic E-state index is 0.669. The van der Waals surface area contributed by atoms with Crippen molar-refractivity contribution in [2.75, 3.05) is 50.5 Å². The smallest absolute Gasteiger partial charge is 0.143 e. The van der Waals surface area contributed by atoms with Gasteiger partial charge in [0.2, 0.25) is 0 Å². The van der Waals surface area contributed by atoms with Crippen molar-refractivity contribution in [3.05, 3.63) is 48.3 Å². The van der Waals surface area contributed by atoms with Crippen LogP contribution >= 0.6 is 0 Å². The van der Waals surface area contributed by atoms with Crippen LogP contribution in [0.25, 0.3) is 10.9 Å². The number of anilines is 3. The Balaban J connectivity index is 1.30. The summed E-state index contributed by atoms with van der Waals surface area (Å²) < 4.78 is 6.23. The van der Waals surface area contributed by atoms with E-state index in [-0.39, 0.29) is 0 Å². The summed E-state index contributed by atoms with van der Waals surface area (Å²) in [6.45, 7) is 5.25. The average Bonchev–Trinajstić information content (AvgIpc) is 3.46. The monoisotopic (exact) mass is 442 g/mol. The molecule has 170 valence electrons. The molecule has 7 nitrogen and oxygen atoms in total. The SMILES string of the molecule is C#Cc1cccc(Nc2ncnc3cc(NC)c(OCCCN4CCC5CNCC54)cc23)c1. The van der Waals surface area contributed by atoms with Gasteiger partial charge in [0, 0.05) is 42.8 Å². The molecule has 3 heterocycles. The number of fused-ring (bicyclic) bond motifs is 2. The number of benzene rings is 2. The number of nitrogens with one attached hydrogen (secondary N) is 3.